The molecule has 10 nitrogen and oxygen atoms in total. The molecule has 31 heavy (non-hydrogen) atoms. The van der Waals surface area contributed by atoms with Gasteiger partial charge in [0.1, 0.15) is 0 Å². The number of anilines is 1. The molecular formula is C21H22N6O4. The van der Waals surface area contributed by atoms with Crippen molar-refractivity contribution < 1.29 is 14.5 Å². The van der Waals surface area contributed by atoms with Crippen molar-refractivity contribution in [3.05, 3.63) is 63.8 Å². The molecule has 2 heterocycles. The molecule has 2 N–H and O–H groups in total. The van der Waals surface area contributed by atoms with E-state index in [9.17, 15) is 19.7 Å². The van der Waals surface area contributed by atoms with Crippen LogP contribution in [0.1, 0.15) is 16.1 Å². The number of nitrogens with zero attached hydrogens (tertiary/aromatic N) is 4. The van der Waals surface area contributed by atoms with Crippen LogP contribution in [0.25, 0.3) is 10.9 Å². The lowest BCUT2D eigenvalue weighted by atomic mass is 10.1. The first-order valence-corrected chi connectivity index (χ1v) is 9.92. The zero-order chi connectivity index (χ0) is 22.0. The number of hydrogen-bond acceptors (Lipinski definition) is 6. The zero-order valence-corrected chi connectivity index (χ0v) is 17.0. The Balaban J connectivity index is 1.33. The van der Waals surface area contributed by atoms with Crippen molar-refractivity contribution in [3.63, 3.8) is 0 Å². The molecule has 0 atom stereocenters. The van der Waals surface area contributed by atoms with E-state index in [1.807, 2.05) is 29.2 Å². The summed E-state index contributed by atoms with van der Waals surface area (Å²) in [5.41, 5.74) is 2.04. The topological polar surface area (TPSA) is 124 Å². The number of carbonyl (C=O) groups is 2. The summed E-state index contributed by atoms with van der Waals surface area (Å²) < 4.78 is 0. The second-order valence-corrected chi connectivity index (χ2v) is 7.44. The third-order valence-electron chi connectivity index (χ3n) is 5.48. The fourth-order valence-corrected chi connectivity index (χ4v) is 3.73. The molecule has 1 aromatic heterocycles. The Morgan fingerprint density at radius 3 is 2.61 bits per heavy atom. The molecule has 3 aromatic rings. The van der Waals surface area contributed by atoms with Crippen LogP contribution in [0.4, 0.5) is 11.4 Å². The van der Waals surface area contributed by atoms with Crippen molar-refractivity contribution in [1.29, 1.82) is 0 Å². The molecule has 10 heteroatoms. The van der Waals surface area contributed by atoms with E-state index in [1.54, 1.807) is 24.0 Å². The number of para-hydroxylation sites is 1. The minimum absolute atomic E-state index is 0.0317. The van der Waals surface area contributed by atoms with Gasteiger partial charge in [-0.1, -0.05) is 24.3 Å². The van der Waals surface area contributed by atoms with Crippen LogP contribution in [-0.2, 0) is 4.79 Å². The number of nitrogens with one attached hydrogen (secondary N) is 2. The maximum Gasteiger partial charge on any atom is 0.275 e. The fourth-order valence-electron chi connectivity index (χ4n) is 3.73. The SMILES string of the molecule is Cc1c(NC(=O)CN2CCN(C(=O)c3n[nH]c4ccccc34)CC2)cccc1[N+](=O)[O-]. The Kier molecular flexibility index (Phi) is 5.63. The van der Waals surface area contributed by atoms with Crippen LogP contribution in [0.15, 0.2) is 42.5 Å². The number of piperazine rings is 1. The van der Waals surface area contributed by atoms with Gasteiger partial charge in [0.2, 0.25) is 5.91 Å². The molecule has 0 saturated carbocycles. The van der Waals surface area contributed by atoms with Gasteiger partial charge in [-0.25, -0.2) is 0 Å². The highest BCUT2D eigenvalue weighted by Crippen LogP contribution is 2.25. The minimum atomic E-state index is -0.468. The number of H-pyrrole nitrogens is 1. The van der Waals surface area contributed by atoms with E-state index in [1.165, 1.54) is 6.07 Å². The van der Waals surface area contributed by atoms with Crippen molar-refractivity contribution in [3.8, 4) is 0 Å². The van der Waals surface area contributed by atoms with Gasteiger partial charge in [0.05, 0.1) is 28.2 Å². The molecule has 2 aromatic carbocycles. The normalized spacial score (nSPS) is 14.5. The number of hydrogen-bond donors (Lipinski definition) is 2. The Hall–Kier alpha value is -3.79. The van der Waals surface area contributed by atoms with Crippen LogP contribution >= 0.6 is 0 Å². The number of fused-ring (bicyclic) bond motifs is 1. The number of rotatable bonds is 5. The van der Waals surface area contributed by atoms with Crippen molar-refractivity contribution in [2.45, 2.75) is 6.92 Å². The molecular weight excluding hydrogens is 400 g/mol. The smallest absolute Gasteiger partial charge is 0.275 e. The average Bonchev–Trinajstić information content (AvgIpc) is 3.19. The third-order valence-corrected chi connectivity index (χ3v) is 5.48. The average molecular weight is 422 g/mol. The molecule has 1 fully saturated rings. The highest BCUT2D eigenvalue weighted by molar-refractivity contribution is 6.04. The van der Waals surface area contributed by atoms with Gasteiger partial charge in [-0.3, -0.25) is 29.7 Å². The molecule has 1 aliphatic heterocycles. The van der Waals surface area contributed by atoms with Gasteiger partial charge in [-0.15, -0.1) is 0 Å². The summed E-state index contributed by atoms with van der Waals surface area (Å²) in [7, 11) is 0. The van der Waals surface area contributed by atoms with Crippen LogP contribution in [0.3, 0.4) is 0 Å². The van der Waals surface area contributed by atoms with Crippen LogP contribution in [0.5, 0.6) is 0 Å². The summed E-state index contributed by atoms with van der Waals surface area (Å²) in [4.78, 5) is 39.6. The number of amides is 2. The molecule has 2 amide bonds. The monoisotopic (exact) mass is 422 g/mol. The number of nitro groups is 1. The Morgan fingerprint density at radius 1 is 1.13 bits per heavy atom. The van der Waals surface area contributed by atoms with E-state index in [0.717, 1.165) is 10.9 Å². The first kappa shape index (κ1) is 20.5. The van der Waals surface area contributed by atoms with Gasteiger partial charge in [0, 0.05) is 37.6 Å². The minimum Gasteiger partial charge on any atom is -0.335 e. The summed E-state index contributed by atoms with van der Waals surface area (Å²) in [6.07, 6.45) is 0. The summed E-state index contributed by atoms with van der Waals surface area (Å²) in [6.45, 7) is 3.84. The van der Waals surface area contributed by atoms with Gasteiger partial charge in [-0.2, -0.15) is 5.10 Å². The van der Waals surface area contributed by atoms with Gasteiger partial charge in [0.25, 0.3) is 11.6 Å². The second-order valence-electron chi connectivity index (χ2n) is 7.44. The summed E-state index contributed by atoms with van der Waals surface area (Å²) >= 11 is 0. The lowest BCUT2D eigenvalue weighted by Crippen LogP contribution is -2.50. The summed E-state index contributed by atoms with van der Waals surface area (Å²) in [5, 5.41) is 21.7. The fraction of sp³-hybridized carbons (Fsp3) is 0.286. The molecule has 160 valence electrons. The molecule has 1 aliphatic rings. The van der Waals surface area contributed by atoms with Crippen molar-refractivity contribution in [2.75, 3.05) is 38.0 Å². The maximum absolute atomic E-state index is 12.9. The number of nitro benzene ring substituents is 1. The molecule has 0 spiro atoms. The quantitative estimate of drug-likeness (QED) is 0.480. The standard InChI is InChI=1S/C21H22N6O4/c1-14-16(7-4-8-18(14)27(30)31)22-19(28)13-25-9-11-26(12-10-25)21(29)20-15-5-2-3-6-17(15)23-24-20/h2-8H,9-13H2,1H3,(H,22,28)(H,23,24). The van der Waals surface area contributed by atoms with Crippen LogP contribution < -0.4 is 5.32 Å². The molecule has 1 saturated heterocycles. The van der Waals surface area contributed by atoms with E-state index >= 15 is 0 Å². The molecule has 0 radical (unpaired) electrons. The second kappa shape index (κ2) is 8.52. The van der Waals surface area contributed by atoms with Crippen LogP contribution in [-0.4, -0.2) is 69.5 Å². The van der Waals surface area contributed by atoms with Gasteiger partial charge < -0.3 is 10.2 Å². The number of benzene rings is 2. The Bertz CT molecular complexity index is 1150. The first-order valence-electron chi connectivity index (χ1n) is 9.92. The summed E-state index contributed by atoms with van der Waals surface area (Å²) in [5.74, 6) is -0.379. The van der Waals surface area contributed by atoms with Gasteiger partial charge >= 0.3 is 0 Å². The lowest BCUT2D eigenvalue weighted by molar-refractivity contribution is -0.385. The largest absolute Gasteiger partial charge is 0.335 e. The Morgan fingerprint density at radius 2 is 1.87 bits per heavy atom. The first-order chi connectivity index (χ1) is 14.9. The Labute approximate surface area is 178 Å². The van der Waals surface area contributed by atoms with Crippen molar-refractivity contribution in [1.82, 2.24) is 20.0 Å². The number of aromatic nitrogens is 2. The van der Waals surface area contributed by atoms with Gasteiger partial charge in [0.15, 0.2) is 5.69 Å². The molecule has 0 aliphatic carbocycles. The third kappa shape index (κ3) is 4.24. The lowest BCUT2D eigenvalue weighted by Gasteiger charge is -2.34. The number of aromatic amines is 1. The predicted molar refractivity (Wildman–Crippen MR) is 115 cm³/mol. The summed E-state index contributed by atoms with van der Waals surface area (Å²) in [6, 6.07) is 12.1. The van der Waals surface area contributed by atoms with Crippen molar-refractivity contribution >= 4 is 34.1 Å². The van der Waals surface area contributed by atoms with E-state index in [-0.39, 0.29) is 24.0 Å². The maximum atomic E-state index is 12.9. The van der Waals surface area contributed by atoms with E-state index in [0.29, 0.717) is 43.1 Å². The van der Waals surface area contributed by atoms with E-state index < -0.39 is 4.92 Å². The molecule has 4 rings (SSSR count). The molecule has 0 unspecified atom stereocenters. The van der Waals surface area contributed by atoms with Crippen LogP contribution in [0.2, 0.25) is 0 Å². The van der Waals surface area contributed by atoms with E-state index in [2.05, 4.69) is 15.5 Å². The predicted octanol–water partition coefficient (Wildman–Crippen LogP) is 2.18. The zero-order valence-electron chi connectivity index (χ0n) is 17.0. The molecule has 0 bridgehead atoms. The van der Waals surface area contributed by atoms with Gasteiger partial charge in [-0.05, 0) is 19.1 Å². The van der Waals surface area contributed by atoms with E-state index in [4.69, 9.17) is 0 Å². The highest BCUT2D eigenvalue weighted by atomic mass is 16.6. The van der Waals surface area contributed by atoms with Crippen LogP contribution in [0, 0.1) is 17.0 Å². The van der Waals surface area contributed by atoms with Crippen molar-refractivity contribution in [2.24, 2.45) is 0 Å². The number of carbonyl (C=O) groups excluding carboxylic acids is 2. The highest BCUT2D eigenvalue weighted by Gasteiger charge is 2.26.